The lowest BCUT2D eigenvalue weighted by atomic mass is 9.97. The number of benzene rings is 2. The highest BCUT2D eigenvalue weighted by atomic mass is 16.7. The quantitative estimate of drug-likeness (QED) is 0.372. The van der Waals surface area contributed by atoms with Crippen LogP contribution in [-0.4, -0.2) is 69.3 Å². The number of phenols is 1. The molecule has 2 heterocycles. The van der Waals surface area contributed by atoms with Crippen molar-refractivity contribution in [1.29, 1.82) is 0 Å². The molecule has 1 unspecified atom stereocenters. The third-order valence-corrected chi connectivity index (χ3v) is 7.48. The first-order chi connectivity index (χ1) is 19.4. The second-order valence-corrected chi connectivity index (χ2v) is 10.6. The number of ether oxygens (including phenoxy) is 1. The summed E-state index contributed by atoms with van der Waals surface area (Å²) in [5.74, 6) is -0.357. The molecule has 2 aromatic carbocycles. The first kappa shape index (κ1) is 29.4. The molecule has 2 aliphatic rings. The van der Waals surface area contributed by atoms with Crippen molar-refractivity contribution in [2.45, 2.75) is 90.1 Å². The summed E-state index contributed by atoms with van der Waals surface area (Å²) in [6.07, 6.45) is 3.81. The van der Waals surface area contributed by atoms with Crippen LogP contribution in [0.25, 0.3) is 0 Å². The molecule has 0 radical (unpaired) electrons. The molecule has 0 aliphatic carbocycles. The minimum atomic E-state index is -0.875. The average Bonchev–Trinajstić information content (AvgIpc) is 2.96. The second-order valence-electron chi connectivity index (χ2n) is 10.6. The van der Waals surface area contributed by atoms with E-state index in [9.17, 15) is 19.5 Å². The van der Waals surface area contributed by atoms with E-state index < -0.39 is 24.4 Å². The molecule has 2 aliphatic heterocycles. The summed E-state index contributed by atoms with van der Waals surface area (Å²) < 4.78 is 5.60. The largest absolute Gasteiger partial charge is 0.508 e. The SMILES string of the molecule is CCCCCCOC(=O)N1O[C@@H](CCCC)C(=O)N2C1CN(Cc1ccccc1)C(=O)[C@@H]2Cc1ccc(O)cc1. The van der Waals surface area contributed by atoms with E-state index in [1.54, 1.807) is 34.1 Å². The molecular formula is C31H41N3O6. The van der Waals surface area contributed by atoms with Crippen molar-refractivity contribution < 1.29 is 29.1 Å². The summed E-state index contributed by atoms with van der Waals surface area (Å²) in [6, 6.07) is 15.4. The number of aromatic hydroxyl groups is 1. The van der Waals surface area contributed by atoms with Crippen molar-refractivity contribution in [3.63, 3.8) is 0 Å². The minimum Gasteiger partial charge on any atom is -0.508 e. The smallest absolute Gasteiger partial charge is 0.436 e. The highest BCUT2D eigenvalue weighted by Crippen LogP contribution is 2.32. The molecule has 0 bridgehead atoms. The first-order valence-corrected chi connectivity index (χ1v) is 14.5. The zero-order valence-electron chi connectivity index (χ0n) is 23.5. The predicted octanol–water partition coefficient (Wildman–Crippen LogP) is 5.02. The van der Waals surface area contributed by atoms with Crippen molar-refractivity contribution in [1.82, 2.24) is 14.9 Å². The van der Waals surface area contributed by atoms with Crippen LogP contribution in [0.2, 0.25) is 0 Å². The van der Waals surface area contributed by atoms with Crippen LogP contribution in [-0.2, 0) is 32.1 Å². The summed E-state index contributed by atoms with van der Waals surface area (Å²) in [6.45, 7) is 4.86. The van der Waals surface area contributed by atoms with Crippen LogP contribution in [0.5, 0.6) is 5.75 Å². The van der Waals surface area contributed by atoms with Crippen LogP contribution in [0, 0.1) is 0 Å². The molecule has 0 saturated carbocycles. The van der Waals surface area contributed by atoms with Gasteiger partial charge in [0.15, 0.2) is 12.3 Å². The van der Waals surface area contributed by atoms with Crippen molar-refractivity contribution in [3.8, 4) is 5.75 Å². The summed E-state index contributed by atoms with van der Waals surface area (Å²) in [4.78, 5) is 50.5. The van der Waals surface area contributed by atoms with Crippen LogP contribution in [0.3, 0.4) is 0 Å². The molecule has 0 aromatic heterocycles. The van der Waals surface area contributed by atoms with E-state index in [1.807, 2.05) is 37.3 Å². The van der Waals surface area contributed by atoms with Gasteiger partial charge in [-0.2, -0.15) is 5.06 Å². The zero-order chi connectivity index (χ0) is 28.5. The lowest BCUT2D eigenvalue weighted by molar-refractivity contribution is -0.267. The minimum absolute atomic E-state index is 0.108. The molecule has 1 N–H and O–H groups in total. The molecule has 3 amide bonds. The van der Waals surface area contributed by atoms with Crippen molar-refractivity contribution >= 4 is 17.9 Å². The lowest BCUT2D eigenvalue weighted by Crippen LogP contribution is -2.73. The maximum atomic E-state index is 14.0. The van der Waals surface area contributed by atoms with Crippen LogP contribution in [0.4, 0.5) is 4.79 Å². The third-order valence-electron chi connectivity index (χ3n) is 7.48. The number of unbranched alkanes of at least 4 members (excludes halogenated alkanes) is 4. The zero-order valence-corrected chi connectivity index (χ0v) is 23.5. The topological polar surface area (TPSA) is 99.6 Å². The Labute approximate surface area is 236 Å². The van der Waals surface area contributed by atoms with Crippen LogP contribution in [0.1, 0.15) is 69.9 Å². The Morgan fingerprint density at radius 1 is 0.925 bits per heavy atom. The predicted molar refractivity (Wildman–Crippen MR) is 150 cm³/mol. The van der Waals surface area contributed by atoms with Gasteiger partial charge in [-0.1, -0.05) is 88.4 Å². The van der Waals surface area contributed by atoms with E-state index in [2.05, 4.69) is 6.92 Å². The maximum absolute atomic E-state index is 14.0. The Hall–Kier alpha value is -3.59. The normalized spacial score (nSPS) is 20.9. The summed E-state index contributed by atoms with van der Waals surface area (Å²) in [7, 11) is 0. The molecular weight excluding hydrogens is 510 g/mol. The monoisotopic (exact) mass is 551 g/mol. The van der Waals surface area contributed by atoms with Gasteiger partial charge < -0.3 is 19.6 Å². The number of carbonyl (C=O) groups excluding carboxylic acids is 3. The van der Waals surface area contributed by atoms with Gasteiger partial charge in [-0.15, -0.1) is 0 Å². The number of amides is 3. The summed E-state index contributed by atoms with van der Waals surface area (Å²) in [5.41, 5.74) is 1.74. The molecule has 9 nitrogen and oxygen atoms in total. The Balaban J connectivity index is 1.65. The third kappa shape index (κ3) is 7.13. The molecule has 40 heavy (non-hydrogen) atoms. The number of phenolic OH excluding ortho intramolecular Hbond substituents is 1. The Kier molecular flexibility index (Phi) is 10.4. The van der Waals surface area contributed by atoms with E-state index >= 15 is 0 Å². The highest BCUT2D eigenvalue weighted by Gasteiger charge is 2.53. The number of fused-ring (bicyclic) bond motifs is 1. The maximum Gasteiger partial charge on any atom is 0.436 e. The lowest BCUT2D eigenvalue weighted by Gasteiger charge is -2.52. The van der Waals surface area contributed by atoms with Gasteiger partial charge in [0.25, 0.3) is 5.91 Å². The van der Waals surface area contributed by atoms with Crippen molar-refractivity contribution in [2.24, 2.45) is 0 Å². The number of hydrogen-bond donors (Lipinski definition) is 1. The average molecular weight is 552 g/mol. The molecule has 4 rings (SSSR count). The van der Waals surface area contributed by atoms with E-state index in [4.69, 9.17) is 9.57 Å². The standard InChI is InChI=1S/C31H41N3O6/c1-3-5-7-11-19-39-31(38)34-28-22-32(21-24-12-9-8-10-13-24)29(36)26(20-23-15-17-25(35)18-16-23)33(28)30(37)27(40-34)14-6-4-2/h8-10,12-13,15-18,26-28,35H,3-7,11,14,19-22H2,1-2H3/t26-,27-,28?/m0/s1. The fourth-order valence-corrected chi connectivity index (χ4v) is 5.29. The van der Waals surface area contributed by atoms with Crippen LogP contribution >= 0.6 is 0 Å². The number of rotatable bonds is 12. The summed E-state index contributed by atoms with van der Waals surface area (Å²) >= 11 is 0. The molecule has 216 valence electrons. The van der Waals surface area contributed by atoms with Crippen LogP contribution in [0.15, 0.2) is 54.6 Å². The fourth-order valence-electron chi connectivity index (χ4n) is 5.29. The number of hydroxylamine groups is 2. The van der Waals surface area contributed by atoms with E-state index in [1.165, 1.54) is 5.06 Å². The van der Waals surface area contributed by atoms with Gasteiger partial charge >= 0.3 is 6.09 Å². The van der Waals surface area contributed by atoms with E-state index in [-0.39, 0.29) is 37.1 Å². The number of hydrogen-bond acceptors (Lipinski definition) is 6. The van der Waals surface area contributed by atoms with Gasteiger partial charge in [0.1, 0.15) is 11.8 Å². The molecule has 2 saturated heterocycles. The van der Waals surface area contributed by atoms with Gasteiger partial charge in [0.2, 0.25) is 5.91 Å². The van der Waals surface area contributed by atoms with Crippen molar-refractivity contribution in [2.75, 3.05) is 13.2 Å². The van der Waals surface area contributed by atoms with Gasteiger partial charge in [-0.05, 0) is 36.1 Å². The fraction of sp³-hybridized carbons (Fsp3) is 0.516. The van der Waals surface area contributed by atoms with Crippen LogP contribution < -0.4 is 0 Å². The molecule has 2 aromatic rings. The highest BCUT2D eigenvalue weighted by molar-refractivity contribution is 5.92. The Morgan fingerprint density at radius 2 is 1.65 bits per heavy atom. The first-order valence-electron chi connectivity index (χ1n) is 14.5. The number of carbonyl (C=O) groups is 3. The second kappa shape index (κ2) is 14.2. The number of nitrogens with zero attached hydrogens (tertiary/aromatic N) is 3. The molecule has 3 atom stereocenters. The van der Waals surface area contributed by atoms with Gasteiger partial charge in [0.05, 0.1) is 13.2 Å². The van der Waals surface area contributed by atoms with E-state index in [0.717, 1.165) is 49.7 Å². The Bertz CT molecular complexity index is 1130. The van der Waals surface area contributed by atoms with Gasteiger partial charge in [-0.25, -0.2) is 4.79 Å². The van der Waals surface area contributed by atoms with Gasteiger partial charge in [-0.3, -0.25) is 14.4 Å². The number of piperazine rings is 1. The Morgan fingerprint density at radius 3 is 2.35 bits per heavy atom. The molecule has 9 heteroatoms. The van der Waals surface area contributed by atoms with Gasteiger partial charge in [0, 0.05) is 13.0 Å². The summed E-state index contributed by atoms with van der Waals surface area (Å²) in [5, 5.41) is 11.0. The van der Waals surface area contributed by atoms with E-state index in [0.29, 0.717) is 13.0 Å². The molecule has 2 fully saturated rings. The molecule has 0 spiro atoms. The van der Waals surface area contributed by atoms with Crippen molar-refractivity contribution in [3.05, 3.63) is 65.7 Å².